The van der Waals surface area contributed by atoms with Gasteiger partial charge in [-0.05, 0) is 12.5 Å². The average molecular weight is 130 g/mol. The van der Waals surface area contributed by atoms with Gasteiger partial charge in [-0.2, -0.15) is 0 Å². The summed E-state index contributed by atoms with van der Waals surface area (Å²) >= 11 is -1.77. The highest BCUT2D eigenvalue weighted by Gasteiger charge is 2.01. The van der Waals surface area contributed by atoms with E-state index in [1.54, 1.807) is 12.2 Å². The maximum absolute atomic E-state index is 10.2. The summed E-state index contributed by atoms with van der Waals surface area (Å²) in [4.78, 5) is 0.519. The molecule has 1 rings (SSSR count). The van der Waals surface area contributed by atoms with Crippen molar-refractivity contribution in [3.63, 3.8) is 0 Å². The maximum Gasteiger partial charge on any atom is 0.186 e. The van der Waals surface area contributed by atoms with E-state index in [0.29, 0.717) is 4.91 Å². The lowest BCUT2D eigenvalue weighted by atomic mass is 10.5. The first-order valence-electron chi connectivity index (χ1n) is 2.28. The molecule has 0 aliphatic heterocycles. The zero-order chi connectivity index (χ0) is 5.98. The van der Waals surface area contributed by atoms with Gasteiger partial charge in [0.15, 0.2) is 11.1 Å². The van der Waals surface area contributed by atoms with Crippen LogP contribution in [0.3, 0.4) is 0 Å². The summed E-state index contributed by atoms with van der Waals surface area (Å²) in [6, 6.07) is 0. The first-order chi connectivity index (χ1) is 3.80. The Bertz CT molecular complexity index is 169. The SMILES string of the molecule is O=S(O)C1=CCC=C1. The van der Waals surface area contributed by atoms with Gasteiger partial charge in [-0.15, -0.1) is 0 Å². The molecule has 0 aromatic heterocycles. The summed E-state index contributed by atoms with van der Waals surface area (Å²) in [6.07, 6.45) is 6.04. The van der Waals surface area contributed by atoms with E-state index in [-0.39, 0.29) is 0 Å². The lowest BCUT2D eigenvalue weighted by Crippen LogP contribution is -1.84. The molecule has 0 saturated heterocycles. The summed E-state index contributed by atoms with van der Waals surface area (Å²) in [7, 11) is 0. The summed E-state index contributed by atoms with van der Waals surface area (Å²) in [6.45, 7) is 0. The Morgan fingerprint density at radius 2 is 2.50 bits per heavy atom. The molecular weight excluding hydrogens is 124 g/mol. The van der Waals surface area contributed by atoms with Crippen molar-refractivity contribution in [3.8, 4) is 0 Å². The number of rotatable bonds is 1. The molecule has 3 heteroatoms. The molecule has 1 aliphatic carbocycles. The molecule has 0 amide bonds. The Labute approximate surface area is 50.2 Å². The Balaban J connectivity index is 2.72. The smallest absolute Gasteiger partial charge is 0.186 e. The molecular formula is C5H6O2S. The van der Waals surface area contributed by atoms with Crippen LogP contribution in [0.2, 0.25) is 0 Å². The van der Waals surface area contributed by atoms with Gasteiger partial charge in [0.25, 0.3) is 0 Å². The van der Waals surface area contributed by atoms with Crippen molar-refractivity contribution in [1.29, 1.82) is 0 Å². The second kappa shape index (κ2) is 2.24. The highest BCUT2D eigenvalue weighted by atomic mass is 32.2. The fourth-order valence-electron chi connectivity index (χ4n) is 0.566. The summed E-state index contributed by atoms with van der Waals surface area (Å²) in [5, 5.41) is 0. The monoisotopic (exact) mass is 130 g/mol. The molecule has 0 spiro atoms. The largest absolute Gasteiger partial charge is 0.302 e. The van der Waals surface area contributed by atoms with Gasteiger partial charge in [0, 0.05) is 0 Å². The molecule has 1 atom stereocenters. The van der Waals surface area contributed by atoms with E-state index in [0.717, 1.165) is 6.42 Å². The second-order valence-corrected chi connectivity index (χ2v) is 2.46. The van der Waals surface area contributed by atoms with Crippen LogP contribution in [0.4, 0.5) is 0 Å². The van der Waals surface area contributed by atoms with E-state index in [4.69, 9.17) is 4.55 Å². The van der Waals surface area contributed by atoms with Gasteiger partial charge in [-0.3, -0.25) is 0 Å². The van der Waals surface area contributed by atoms with Crippen LogP contribution < -0.4 is 0 Å². The fraction of sp³-hybridized carbons (Fsp3) is 0.200. The molecule has 0 saturated carbocycles. The quantitative estimate of drug-likeness (QED) is 0.539. The van der Waals surface area contributed by atoms with Crippen LogP contribution >= 0.6 is 0 Å². The first-order valence-corrected chi connectivity index (χ1v) is 3.39. The minimum Gasteiger partial charge on any atom is -0.302 e. The topological polar surface area (TPSA) is 37.3 Å². The fourth-order valence-corrected chi connectivity index (χ4v) is 1.02. The van der Waals surface area contributed by atoms with Crippen molar-refractivity contribution >= 4 is 11.1 Å². The Hall–Kier alpha value is -0.410. The minimum absolute atomic E-state index is 0.519. The van der Waals surface area contributed by atoms with E-state index in [1.165, 1.54) is 0 Å². The molecule has 1 unspecified atom stereocenters. The molecule has 1 N–H and O–H groups in total. The van der Waals surface area contributed by atoms with Gasteiger partial charge in [-0.1, -0.05) is 12.2 Å². The zero-order valence-electron chi connectivity index (χ0n) is 4.20. The second-order valence-electron chi connectivity index (χ2n) is 1.49. The van der Waals surface area contributed by atoms with Crippen molar-refractivity contribution in [3.05, 3.63) is 23.1 Å². The third kappa shape index (κ3) is 1.05. The lowest BCUT2D eigenvalue weighted by Gasteiger charge is -1.84. The molecule has 0 bridgehead atoms. The molecule has 1 aliphatic rings. The van der Waals surface area contributed by atoms with Gasteiger partial charge >= 0.3 is 0 Å². The Morgan fingerprint density at radius 1 is 1.75 bits per heavy atom. The van der Waals surface area contributed by atoms with Crippen LogP contribution in [0.25, 0.3) is 0 Å². The molecule has 8 heavy (non-hydrogen) atoms. The van der Waals surface area contributed by atoms with Crippen LogP contribution in [0.1, 0.15) is 6.42 Å². The Kier molecular flexibility index (Phi) is 1.60. The molecule has 0 radical (unpaired) electrons. The predicted molar refractivity (Wildman–Crippen MR) is 32.6 cm³/mol. The Morgan fingerprint density at radius 3 is 2.75 bits per heavy atom. The van der Waals surface area contributed by atoms with Crippen molar-refractivity contribution in [2.75, 3.05) is 0 Å². The maximum atomic E-state index is 10.2. The molecule has 0 aromatic carbocycles. The third-order valence-corrected chi connectivity index (χ3v) is 1.64. The summed E-state index contributed by atoms with van der Waals surface area (Å²) < 4.78 is 18.6. The molecule has 0 heterocycles. The van der Waals surface area contributed by atoms with Gasteiger partial charge in [-0.25, -0.2) is 4.21 Å². The highest BCUT2D eigenvalue weighted by molar-refractivity contribution is 7.83. The minimum atomic E-state index is -1.77. The van der Waals surface area contributed by atoms with Crippen molar-refractivity contribution in [2.45, 2.75) is 6.42 Å². The van der Waals surface area contributed by atoms with Gasteiger partial charge in [0.1, 0.15) is 0 Å². The molecule has 0 fully saturated rings. The van der Waals surface area contributed by atoms with Crippen molar-refractivity contribution < 1.29 is 8.76 Å². The normalized spacial score (nSPS) is 20.9. The van der Waals surface area contributed by atoms with Crippen LogP contribution in [0.15, 0.2) is 23.1 Å². The number of allylic oxidation sites excluding steroid dienone is 3. The molecule has 44 valence electrons. The van der Waals surface area contributed by atoms with E-state index in [9.17, 15) is 4.21 Å². The summed E-state index contributed by atoms with van der Waals surface area (Å²) in [5.41, 5.74) is 0. The van der Waals surface area contributed by atoms with Gasteiger partial charge in [0.2, 0.25) is 0 Å². The highest BCUT2D eigenvalue weighted by Crippen LogP contribution is 2.10. The van der Waals surface area contributed by atoms with E-state index < -0.39 is 11.1 Å². The predicted octanol–water partition coefficient (Wildman–Crippen LogP) is 1.05. The number of hydrogen-bond acceptors (Lipinski definition) is 1. The third-order valence-electron chi connectivity index (χ3n) is 0.939. The molecule has 2 nitrogen and oxygen atoms in total. The summed E-state index contributed by atoms with van der Waals surface area (Å²) in [5.74, 6) is 0. The van der Waals surface area contributed by atoms with E-state index >= 15 is 0 Å². The van der Waals surface area contributed by atoms with E-state index in [1.807, 2.05) is 6.08 Å². The first kappa shape index (κ1) is 5.72. The van der Waals surface area contributed by atoms with Gasteiger partial charge in [0.05, 0.1) is 4.91 Å². The van der Waals surface area contributed by atoms with Crippen LogP contribution in [-0.4, -0.2) is 8.76 Å². The van der Waals surface area contributed by atoms with Crippen molar-refractivity contribution in [2.24, 2.45) is 0 Å². The van der Waals surface area contributed by atoms with Gasteiger partial charge < -0.3 is 4.55 Å². The number of hydrogen-bond donors (Lipinski definition) is 1. The van der Waals surface area contributed by atoms with Crippen LogP contribution in [0.5, 0.6) is 0 Å². The zero-order valence-corrected chi connectivity index (χ0v) is 5.02. The van der Waals surface area contributed by atoms with Crippen LogP contribution in [-0.2, 0) is 11.1 Å². The van der Waals surface area contributed by atoms with E-state index in [2.05, 4.69) is 0 Å². The molecule has 0 aromatic rings. The standard InChI is InChI=1S/C5H6O2S/c6-8(7)5-3-1-2-4-5/h1,3-4H,2H2,(H,6,7). The van der Waals surface area contributed by atoms with Crippen molar-refractivity contribution in [1.82, 2.24) is 0 Å². The average Bonchev–Trinajstić information content (AvgIpc) is 2.12. The van der Waals surface area contributed by atoms with Crippen LogP contribution in [0, 0.1) is 0 Å². The lowest BCUT2D eigenvalue weighted by molar-refractivity contribution is 0.572.